The summed E-state index contributed by atoms with van der Waals surface area (Å²) in [5, 5.41) is 2.65. The number of anilines is 1. The molecular weight excluding hydrogens is 427 g/mol. The fourth-order valence-electron chi connectivity index (χ4n) is 2.87. The van der Waals surface area contributed by atoms with Gasteiger partial charge in [-0.25, -0.2) is 4.98 Å². The van der Waals surface area contributed by atoms with Crippen molar-refractivity contribution in [2.75, 3.05) is 11.9 Å². The largest absolute Gasteiger partial charge is 0.416 e. The zero-order valence-corrected chi connectivity index (χ0v) is 15.5. The molecular formula is C18H15BrF3N3O2. The maximum atomic E-state index is 12.8. The van der Waals surface area contributed by atoms with Gasteiger partial charge in [0, 0.05) is 19.5 Å². The first-order valence-electron chi connectivity index (χ1n) is 8.10. The van der Waals surface area contributed by atoms with E-state index in [1.165, 1.54) is 17.0 Å². The summed E-state index contributed by atoms with van der Waals surface area (Å²) in [6, 6.07) is 9.89. The summed E-state index contributed by atoms with van der Waals surface area (Å²) in [7, 11) is 0. The monoisotopic (exact) mass is 441 g/mol. The molecule has 0 saturated carbocycles. The number of pyridine rings is 1. The minimum absolute atomic E-state index is 0.0127. The van der Waals surface area contributed by atoms with Crippen LogP contribution in [0, 0.1) is 5.92 Å². The molecule has 0 radical (unpaired) electrons. The van der Waals surface area contributed by atoms with Gasteiger partial charge in [0.05, 0.1) is 11.5 Å². The molecule has 142 valence electrons. The van der Waals surface area contributed by atoms with E-state index in [9.17, 15) is 22.8 Å². The Balaban J connectivity index is 1.64. The first kappa shape index (κ1) is 19.3. The van der Waals surface area contributed by atoms with Crippen LogP contribution in [0.15, 0.2) is 47.1 Å². The van der Waals surface area contributed by atoms with Crippen molar-refractivity contribution in [1.29, 1.82) is 0 Å². The van der Waals surface area contributed by atoms with Crippen molar-refractivity contribution in [1.82, 2.24) is 9.88 Å². The minimum atomic E-state index is -4.44. The van der Waals surface area contributed by atoms with Gasteiger partial charge in [-0.3, -0.25) is 9.59 Å². The molecule has 1 atom stereocenters. The van der Waals surface area contributed by atoms with Crippen LogP contribution in [0.1, 0.15) is 17.5 Å². The third-order valence-electron chi connectivity index (χ3n) is 4.18. The van der Waals surface area contributed by atoms with E-state index in [2.05, 4.69) is 26.2 Å². The molecule has 9 heteroatoms. The van der Waals surface area contributed by atoms with E-state index >= 15 is 0 Å². The molecule has 0 spiro atoms. The number of likely N-dealkylation sites (tertiary alicyclic amines) is 1. The second-order valence-electron chi connectivity index (χ2n) is 6.21. The van der Waals surface area contributed by atoms with E-state index in [1.807, 2.05) is 0 Å². The van der Waals surface area contributed by atoms with Crippen molar-refractivity contribution < 1.29 is 22.8 Å². The highest BCUT2D eigenvalue weighted by Gasteiger charge is 2.35. The van der Waals surface area contributed by atoms with Crippen molar-refractivity contribution >= 4 is 33.6 Å². The Labute approximate surface area is 161 Å². The van der Waals surface area contributed by atoms with E-state index in [4.69, 9.17) is 0 Å². The number of rotatable bonds is 4. The first-order valence-corrected chi connectivity index (χ1v) is 8.89. The molecule has 1 aliphatic rings. The third-order valence-corrected chi connectivity index (χ3v) is 4.62. The summed E-state index contributed by atoms with van der Waals surface area (Å²) < 4.78 is 39.0. The number of carbonyl (C=O) groups is 2. The number of nitrogens with zero attached hydrogens (tertiary/aromatic N) is 2. The molecule has 2 amide bonds. The van der Waals surface area contributed by atoms with Crippen LogP contribution < -0.4 is 5.32 Å². The van der Waals surface area contributed by atoms with Gasteiger partial charge in [-0.2, -0.15) is 13.2 Å². The highest BCUT2D eigenvalue weighted by Crippen LogP contribution is 2.30. The Hall–Kier alpha value is -2.42. The standard InChI is InChI=1S/C18H15BrF3N3O2/c19-14-5-2-6-15(23-14)24-17(27)12-8-16(26)25(10-12)9-11-3-1-4-13(7-11)18(20,21)22/h1-7,12H,8-10H2,(H,23,24,27)/t12-/m0/s1. The lowest BCUT2D eigenvalue weighted by Gasteiger charge is -2.17. The second-order valence-corrected chi connectivity index (χ2v) is 7.02. The van der Waals surface area contributed by atoms with Gasteiger partial charge in [0.2, 0.25) is 11.8 Å². The molecule has 27 heavy (non-hydrogen) atoms. The van der Waals surface area contributed by atoms with Gasteiger partial charge in [0.15, 0.2) is 0 Å². The van der Waals surface area contributed by atoms with Gasteiger partial charge in [0.1, 0.15) is 10.4 Å². The van der Waals surface area contributed by atoms with Crippen LogP contribution in [0.5, 0.6) is 0 Å². The molecule has 5 nitrogen and oxygen atoms in total. The summed E-state index contributed by atoms with van der Waals surface area (Å²) in [6.45, 7) is 0.177. The minimum Gasteiger partial charge on any atom is -0.338 e. The van der Waals surface area contributed by atoms with Crippen molar-refractivity contribution in [3.8, 4) is 0 Å². The fourth-order valence-corrected chi connectivity index (χ4v) is 3.22. The molecule has 1 aromatic heterocycles. The first-order chi connectivity index (χ1) is 12.7. The molecule has 1 N–H and O–H groups in total. The number of carbonyl (C=O) groups excluding carboxylic acids is 2. The Morgan fingerprint density at radius 3 is 2.70 bits per heavy atom. The predicted molar refractivity (Wildman–Crippen MR) is 95.5 cm³/mol. The predicted octanol–water partition coefficient (Wildman–Crippen LogP) is 3.85. The fraction of sp³-hybridized carbons (Fsp3) is 0.278. The van der Waals surface area contributed by atoms with Crippen molar-refractivity contribution in [2.45, 2.75) is 19.1 Å². The molecule has 1 saturated heterocycles. The lowest BCUT2D eigenvalue weighted by molar-refractivity contribution is -0.137. The van der Waals surface area contributed by atoms with E-state index < -0.39 is 17.7 Å². The van der Waals surface area contributed by atoms with E-state index in [-0.39, 0.29) is 31.3 Å². The number of alkyl halides is 3. The lowest BCUT2D eigenvalue weighted by atomic mass is 10.1. The van der Waals surface area contributed by atoms with Crippen LogP contribution >= 0.6 is 15.9 Å². The van der Waals surface area contributed by atoms with Crippen LogP contribution in [0.3, 0.4) is 0 Å². The van der Waals surface area contributed by atoms with Gasteiger partial charge in [0.25, 0.3) is 0 Å². The highest BCUT2D eigenvalue weighted by atomic mass is 79.9. The Morgan fingerprint density at radius 1 is 1.26 bits per heavy atom. The number of nitrogens with one attached hydrogen (secondary N) is 1. The number of amides is 2. The normalized spacial score (nSPS) is 17.3. The number of hydrogen-bond donors (Lipinski definition) is 1. The van der Waals surface area contributed by atoms with Crippen LogP contribution in [-0.4, -0.2) is 28.2 Å². The molecule has 2 aromatic rings. The van der Waals surface area contributed by atoms with Gasteiger partial charge in [-0.05, 0) is 45.8 Å². The Bertz CT molecular complexity index is 873. The average molecular weight is 442 g/mol. The van der Waals surface area contributed by atoms with Crippen molar-refractivity contribution in [2.24, 2.45) is 5.92 Å². The Morgan fingerprint density at radius 2 is 2.00 bits per heavy atom. The molecule has 0 unspecified atom stereocenters. The van der Waals surface area contributed by atoms with Crippen molar-refractivity contribution in [3.63, 3.8) is 0 Å². The summed E-state index contributed by atoms with van der Waals surface area (Å²) in [4.78, 5) is 30.0. The topological polar surface area (TPSA) is 62.3 Å². The molecule has 3 rings (SSSR count). The molecule has 0 bridgehead atoms. The molecule has 1 aromatic carbocycles. The van der Waals surface area contributed by atoms with Gasteiger partial charge in [-0.1, -0.05) is 18.2 Å². The van der Waals surface area contributed by atoms with Crippen LogP contribution in [-0.2, 0) is 22.3 Å². The quantitative estimate of drug-likeness (QED) is 0.732. The zero-order valence-electron chi connectivity index (χ0n) is 14.0. The summed E-state index contributed by atoms with van der Waals surface area (Å²) in [6.07, 6.45) is -4.43. The summed E-state index contributed by atoms with van der Waals surface area (Å²) in [5.41, 5.74) is -0.394. The maximum absolute atomic E-state index is 12.8. The SMILES string of the molecule is O=C(Nc1cccc(Br)n1)[C@H]1CC(=O)N(Cc2cccc(C(F)(F)F)c2)C1. The number of hydrogen-bond acceptors (Lipinski definition) is 3. The van der Waals surface area contributed by atoms with Crippen LogP contribution in [0.2, 0.25) is 0 Å². The number of benzene rings is 1. The molecule has 1 aliphatic heterocycles. The third kappa shape index (κ3) is 4.85. The zero-order chi connectivity index (χ0) is 19.6. The Kier molecular flexibility index (Phi) is 5.50. The van der Waals surface area contributed by atoms with Gasteiger partial charge >= 0.3 is 6.18 Å². The van der Waals surface area contributed by atoms with Crippen LogP contribution in [0.4, 0.5) is 19.0 Å². The smallest absolute Gasteiger partial charge is 0.338 e. The van der Waals surface area contributed by atoms with E-state index in [1.54, 1.807) is 18.2 Å². The second kappa shape index (κ2) is 7.67. The van der Waals surface area contributed by atoms with Crippen LogP contribution in [0.25, 0.3) is 0 Å². The molecule has 0 aliphatic carbocycles. The van der Waals surface area contributed by atoms with Crippen molar-refractivity contribution in [3.05, 3.63) is 58.2 Å². The summed E-state index contributed by atoms with van der Waals surface area (Å²) >= 11 is 3.21. The number of halogens is 4. The number of aromatic nitrogens is 1. The lowest BCUT2D eigenvalue weighted by Crippen LogP contribution is -2.28. The van der Waals surface area contributed by atoms with Gasteiger partial charge in [-0.15, -0.1) is 0 Å². The maximum Gasteiger partial charge on any atom is 0.416 e. The van der Waals surface area contributed by atoms with E-state index in [0.29, 0.717) is 16.0 Å². The highest BCUT2D eigenvalue weighted by molar-refractivity contribution is 9.10. The van der Waals surface area contributed by atoms with E-state index in [0.717, 1.165) is 12.1 Å². The summed E-state index contributed by atoms with van der Waals surface area (Å²) in [5.74, 6) is -0.836. The average Bonchev–Trinajstić information content (AvgIpc) is 2.95. The molecule has 1 fully saturated rings. The molecule has 2 heterocycles. The van der Waals surface area contributed by atoms with Gasteiger partial charge < -0.3 is 10.2 Å².